The molecule has 2 heterocycles. The van der Waals surface area contributed by atoms with Crippen molar-refractivity contribution in [3.63, 3.8) is 0 Å². The summed E-state index contributed by atoms with van der Waals surface area (Å²) in [5, 5.41) is 13.2. The number of amides is 1. The van der Waals surface area contributed by atoms with E-state index in [0.717, 1.165) is 22.4 Å². The van der Waals surface area contributed by atoms with E-state index in [0.29, 0.717) is 17.0 Å². The van der Waals surface area contributed by atoms with Crippen LogP contribution in [0.5, 0.6) is 0 Å². The molecule has 6 nitrogen and oxygen atoms in total. The number of H-pyrrole nitrogens is 1. The van der Waals surface area contributed by atoms with Crippen molar-refractivity contribution >= 4 is 45.5 Å². The van der Waals surface area contributed by atoms with Crippen LogP contribution < -0.4 is 5.32 Å². The molecule has 1 amide bonds. The molecule has 0 saturated carbocycles. The fraction of sp³-hybridized carbons (Fsp3) is 0. The SMILES string of the molecule is O=C(O)C=Cc1cc2cc(NC(=O)c3cc4ccccc4o3)ccc2[nH]1. The van der Waals surface area contributed by atoms with Gasteiger partial charge in [0, 0.05) is 33.7 Å². The first-order valence-corrected chi connectivity index (χ1v) is 7.92. The van der Waals surface area contributed by atoms with E-state index in [1.807, 2.05) is 42.5 Å². The predicted molar refractivity (Wildman–Crippen MR) is 99.1 cm³/mol. The maximum atomic E-state index is 12.4. The molecule has 0 spiro atoms. The molecule has 0 bridgehead atoms. The summed E-state index contributed by atoms with van der Waals surface area (Å²) in [6, 6.07) is 16.3. The number of rotatable bonds is 4. The number of carbonyl (C=O) groups excluding carboxylic acids is 1. The van der Waals surface area contributed by atoms with E-state index in [1.165, 1.54) is 6.08 Å². The monoisotopic (exact) mass is 346 g/mol. The zero-order valence-corrected chi connectivity index (χ0v) is 13.5. The summed E-state index contributed by atoms with van der Waals surface area (Å²) < 4.78 is 5.57. The van der Waals surface area contributed by atoms with Crippen molar-refractivity contribution in [3.8, 4) is 0 Å². The number of para-hydroxylation sites is 1. The van der Waals surface area contributed by atoms with Gasteiger partial charge in [0.25, 0.3) is 5.91 Å². The lowest BCUT2D eigenvalue weighted by atomic mass is 10.2. The molecule has 2 aromatic carbocycles. The van der Waals surface area contributed by atoms with Crippen LogP contribution in [0.25, 0.3) is 27.9 Å². The van der Waals surface area contributed by atoms with Crippen molar-refractivity contribution in [1.82, 2.24) is 4.98 Å². The number of aromatic amines is 1. The number of anilines is 1. The quantitative estimate of drug-likeness (QED) is 0.481. The molecule has 128 valence electrons. The number of hydrogen-bond donors (Lipinski definition) is 3. The van der Waals surface area contributed by atoms with Crippen LogP contribution in [0.1, 0.15) is 16.2 Å². The molecule has 6 heteroatoms. The van der Waals surface area contributed by atoms with Crippen LogP contribution in [0.15, 0.2) is 65.1 Å². The molecule has 0 atom stereocenters. The Hall–Kier alpha value is -3.80. The van der Waals surface area contributed by atoms with Gasteiger partial charge in [0.1, 0.15) is 5.58 Å². The third-order valence-corrected chi connectivity index (χ3v) is 3.95. The Bertz CT molecular complexity index is 1130. The molecule has 0 saturated heterocycles. The Labute approximate surface area is 147 Å². The summed E-state index contributed by atoms with van der Waals surface area (Å²) in [6.07, 6.45) is 2.55. The molecule has 4 aromatic rings. The summed E-state index contributed by atoms with van der Waals surface area (Å²) in [7, 11) is 0. The number of aromatic nitrogens is 1. The summed E-state index contributed by atoms with van der Waals surface area (Å²) in [5.74, 6) is -1.10. The second-order valence-electron chi connectivity index (χ2n) is 5.80. The Kier molecular flexibility index (Phi) is 3.78. The summed E-state index contributed by atoms with van der Waals surface area (Å²) in [4.78, 5) is 26.1. The zero-order valence-electron chi connectivity index (χ0n) is 13.5. The van der Waals surface area contributed by atoms with E-state index in [1.54, 1.807) is 12.1 Å². The predicted octanol–water partition coefficient (Wildman–Crippen LogP) is 4.26. The summed E-state index contributed by atoms with van der Waals surface area (Å²) >= 11 is 0. The third kappa shape index (κ3) is 3.08. The van der Waals surface area contributed by atoms with Crippen molar-refractivity contribution in [2.75, 3.05) is 5.32 Å². The average Bonchev–Trinajstić information content (AvgIpc) is 3.23. The number of aliphatic carboxylic acids is 1. The van der Waals surface area contributed by atoms with Gasteiger partial charge in [-0.2, -0.15) is 0 Å². The Morgan fingerprint density at radius 2 is 1.88 bits per heavy atom. The normalized spacial score (nSPS) is 11.4. The minimum atomic E-state index is -1.01. The van der Waals surface area contributed by atoms with Gasteiger partial charge in [-0.25, -0.2) is 4.79 Å². The third-order valence-electron chi connectivity index (χ3n) is 3.95. The van der Waals surface area contributed by atoms with Crippen molar-refractivity contribution in [1.29, 1.82) is 0 Å². The van der Waals surface area contributed by atoms with Gasteiger partial charge in [-0.15, -0.1) is 0 Å². The van der Waals surface area contributed by atoms with Crippen LogP contribution in [0.2, 0.25) is 0 Å². The van der Waals surface area contributed by atoms with Gasteiger partial charge in [0.15, 0.2) is 5.76 Å². The van der Waals surface area contributed by atoms with E-state index in [2.05, 4.69) is 10.3 Å². The number of benzene rings is 2. The largest absolute Gasteiger partial charge is 0.478 e. The number of hydrogen-bond acceptors (Lipinski definition) is 3. The molecule has 0 aliphatic rings. The van der Waals surface area contributed by atoms with Crippen LogP contribution in [-0.2, 0) is 4.79 Å². The fourth-order valence-corrected chi connectivity index (χ4v) is 2.77. The number of fused-ring (bicyclic) bond motifs is 2. The lowest BCUT2D eigenvalue weighted by Crippen LogP contribution is -2.10. The topological polar surface area (TPSA) is 95.3 Å². The second-order valence-corrected chi connectivity index (χ2v) is 5.80. The number of carboxylic acid groups (broad SMARTS) is 1. The van der Waals surface area contributed by atoms with Crippen molar-refractivity contribution in [2.45, 2.75) is 0 Å². The standard InChI is InChI=1S/C20H14N2O4/c23-19(24)8-6-14-9-13-10-15(5-7-16(13)21-14)22-20(25)18-11-12-3-1-2-4-17(12)26-18/h1-11,21H,(H,22,25)(H,23,24). The van der Waals surface area contributed by atoms with Crippen LogP contribution >= 0.6 is 0 Å². The van der Waals surface area contributed by atoms with Crippen LogP contribution in [0, 0.1) is 0 Å². The Balaban J connectivity index is 1.58. The molecule has 3 N–H and O–H groups in total. The highest BCUT2D eigenvalue weighted by Crippen LogP contribution is 2.23. The highest BCUT2D eigenvalue weighted by molar-refractivity contribution is 6.05. The highest BCUT2D eigenvalue weighted by Gasteiger charge is 2.12. The maximum Gasteiger partial charge on any atom is 0.328 e. The molecular formula is C20H14N2O4. The van der Waals surface area contributed by atoms with Gasteiger partial charge in [-0.1, -0.05) is 18.2 Å². The molecule has 0 aliphatic heterocycles. The van der Waals surface area contributed by atoms with Crippen molar-refractivity contribution in [2.24, 2.45) is 0 Å². The summed E-state index contributed by atoms with van der Waals surface area (Å²) in [5.41, 5.74) is 2.80. The number of furan rings is 1. The summed E-state index contributed by atoms with van der Waals surface area (Å²) in [6.45, 7) is 0. The van der Waals surface area contributed by atoms with Crippen LogP contribution in [-0.4, -0.2) is 22.0 Å². The second kappa shape index (κ2) is 6.25. The fourth-order valence-electron chi connectivity index (χ4n) is 2.77. The van der Waals surface area contributed by atoms with Crippen LogP contribution in [0.4, 0.5) is 5.69 Å². The van der Waals surface area contributed by atoms with Gasteiger partial charge < -0.3 is 19.8 Å². The van der Waals surface area contributed by atoms with E-state index >= 15 is 0 Å². The molecule has 0 aliphatic carbocycles. The maximum absolute atomic E-state index is 12.4. The van der Waals surface area contributed by atoms with E-state index in [-0.39, 0.29) is 11.7 Å². The smallest absolute Gasteiger partial charge is 0.328 e. The van der Waals surface area contributed by atoms with E-state index in [4.69, 9.17) is 9.52 Å². The minimum Gasteiger partial charge on any atom is -0.478 e. The molecule has 4 rings (SSSR count). The van der Waals surface area contributed by atoms with Crippen molar-refractivity contribution < 1.29 is 19.1 Å². The number of carboxylic acids is 1. The highest BCUT2D eigenvalue weighted by atomic mass is 16.4. The number of carbonyl (C=O) groups is 2. The van der Waals surface area contributed by atoms with Crippen molar-refractivity contribution in [3.05, 3.63) is 72.1 Å². The first-order valence-electron chi connectivity index (χ1n) is 7.92. The van der Waals surface area contributed by atoms with Gasteiger partial charge >= 0.3 is 5.97 Å². The van der Waals surface area contributed by atoms with Gasteiger partial charge in [0.05, 0.1) is 0 Å². The molecule has 0 unspecified atom stereocenters. The first-order chi connectivity index (χ1) is 12.6. The molecule has 26 heavy (non-hydrogen) atoms. The first kappa shape index (κ1) is 15.7. The number of nitrogens with one attached hydrogen (secondary N) is 2. The van der Waals surface area contributed by atoms with Gasteiger partial charge in [-0.05, 0) is 42.5 Å². The lowest BCUT2D eigenvalue weighted by Gasteiger charge is -2.03. The molecule has 2 aromatic heterocycles. The van der Waals surface area contributed by atoms with E-state index in [9.17, 15) is 9.59 Å². The zero-order chi connectivity index (χ0) is 18.1. The Morgan fingerprint density at radius 3 is 2.69 bits per heavy atom. The average molecular weight is 346 g/mol. The van der Waals surface area contributed by atoms with Gasteiger partial charge in [0.2, 0.25) is 0 Å². The minimum absolute atomic E-state index is 0.241. The molecule has 0 fully saturated rings. The molecule has 0 radical (unpaired) electrons. The van der Waals surface area contributed by atoms with Crippen LogP contribution in [0.3, 0.4) is 0 Å². The molecular weight excluding hydrogens is 332 g/mol. The van der Waals surface area contributed by atoms with E-state index < -0.39 is 5.97 Å². The van der Waals surface area contributed by atoms with Gasteiger partial charge in [-0.3, -0.25) is 4.79 Å². The lowest BCUT2D eigenvalue weighted by molar-refractivity contribution is -0.131. The Morgan fingerprint density at radius 1 is 1.04 bits per heavy atom.